The van der Waals surface area contributed by atoms with Crippen LogP contribution in [0, 0.1) is 18.3 Å². The van der Waals surface area contributed by atoms with E-state index in [4.69, 9.17) is 16.9 Å². The number of nitriles is 1. The number of nitrogens with zero attached hydrogens (tertiary/aromatic N) is 2. The number of hydrogen-bond acceptors (Lipinski definition) is 3. The van der Waals surface area contributed by atoms with Gasteiger partial charge < -0.3 is 0 Å². The van der Waals surface area contributed by atoms with E-state index in [1.54, 1.807) is 6.07 Å². The standard InChI is InChI=1S/C9H5ClF2N2O/c1-4-2-5(3-13)14-7(9(11)12)6(4)8(10)15/h2,9H,1H3. The highest BCUT2D eigenvalue weighted by molar-refractivity contribution is 6.68. The lowest BCUT2D eigenvalue weighted by molar-refractivity contribution is 0.106. The van der Waals surface area contributed by atoms with Gasteiger partial charge in [0, 0.05) is 0 Å². The highest BCUT2D eigenvalue weighted by Gasteiger charge is 2.22. The van der Waals surface area contributed by atoms with Crippen molar-refractivity contribution in [1.82, 2.24) is 4.98 Å². The van der Waals surface area contributed by atoms with Crippen LogP contribution in [0.1, 0.15) is 33.7 Å². The summed E-state index contributed by atoms with van der Waals surface area (Å²) < 4.78 is 25.0. The predicted octanol–water partition coefficient (Wildman–Crippen LogP) is 2.58. The van der Waals surface area contributed by atoms with E-state index in [2.05, 4.69) is 4.98 Å². The molecule has 0 unspecified atom stereocenters. The van der Waals surface area contributed by atoms with E-state index in [0.29, 0.717) is 0 Å². The van der Waals surface area contributed by atoms with Crippen LogP contribution in [-0.4, -0.2) is 10.2 Å². The first-order valence-electron chi connectivity index (χ1n) is 3.87. The first-order valence-corrected chi connectivity index (χ1v) is 4.24. The molecule has 3 nitrogen and oxygen atoms in total. The molecule has 1 aromatic heterocycles. The van der Waals surface area contributed by atoms with Crippen molar-refractivity contribution in [2.24, 2.45) is 0 Å². The summed E-state index contributed by atoms with van der Waals surface area (Å²) >= 11 is 5.16. The van der Waals surface area contributed by atoms with E-state index >= 15 is 0 Å². The van der Waals surface area contributed by atoms with Gasteiger partial charge in [-0.3, -0.25) is 4.79 Å². The molecule has 1 aromatic rings. The Kier molecular flexibility index (Phi) is 3.32. The minimum Gasteiger partial charge on any atom is -0.276 e. The van der Waals surface area contributed by atoms with E-state index in [1.807, 2.05) is 0 Å². The molecular weight excluding hydrogens is 226 g/mol. The van der Waals surface area contributed by atoms with Gasteiger partial charge in [0.1, 0.15) is 17.5 Å². The molecule has 15 heavy (non-hydrogen) atoms. The Bertz CT molecular complexity index is 454. The Hall–Kier alpha value is -1.54. The molecule has 0 amide bonds. The van der Waals surface area contributed by atoms with Gasteiger partial charge in [0.2, 0.25) is 0 Å². The maximum absolute atomic E-state index is 12.5. The lowest BCUT2D eigenvalue weighted by atomic mass is 10.1. The fourth-order valence-electron chi connectivity index (χ4n) is 1.17. The molecule has 0 aliphatic heterocycles. The Morgan fingerprint density at radius 1 is 1.67 bits per heavy atom. The molecule has 0 saturated heterocycles. The SMILES string of the molecule is Cc1cc(C#N)nc(C(F)F)c1C(=O)Cl. The molecule has 0 aromatic carbocycles. The zero-order valence-corrected chi connectivity index (χ0v) is 8.35. The molecule has 0 aliphatic rings. The Morgan fingerprint density at radius 2 is 2.27 bits per heavy atom. The molecule has 1 rings (SSSR count). The summed E-state index contributed by atoms with van der Waals surface area (Å²) in [6.07, 6.45) is -2.94. The van der Waals surface area contributed by atoms with E-state index in [1.165, 1.54) is 13.0 Å². The highest BCUT2D eigenvalue weighted by atomic mass is 35.5. The molecule has 6 heteroatoms. The number of carbonyl (C=O) groups excluding carboxylic acids is 1. The molecule has 0 spiro atoms. The number of aromatic nitrogens is 1. The fraction of sp³-hybridized carbons (Fsp3) is 0.222. The average molecular weight is 231 g/mol. The van der Waals surface area contributed by atoms with E-state index in [0.717, 1.165) is 0 Å². The van der Waals surface area contributed by atoms with Gasteiger partial charge >= 0.3 is 0 Å². The second-order valence-electron chi connectivity index (χ2n) is 2.77. The van der Waals surface area contributed by atoms with Crippen LogP contribution >= 0.6 is 11.6 Å². The fourth-order valence-corrected chi connectivity index (χ4v) is 1.41. The van der Waals surface area contributed by atoms with Crippen LogP contribution in [0.3, 0.4) is 0 Å². The van der Waals surface area contributed by atoms with Crippen molar-refractivity contribution in [2.45, 2.75) is 13.3 Å². The maximum Gasteiger partial charge on any atom is 0.281 e. The summed E-state index contributed by atoms with van der Waals surface area (Å²) in [5, 5.41) is 7.52. The second kappa shape index (κ2) is 4.32. The molecule has 78 valence electrons. The number of hydrogen-bond donors (Lipinski definition) is 0. The first-order chi connectivity index (χ1) is 6.97. The zero-order valence-electron chi connectivity index (χ0n) is 7.59. The van der Waals surface area contributed by atoms with Crippen molar-refractivity contribution in [1.29, 1.82) is 5.26 Å². The van der Waals surface area contributed by atoms with E-state index < -0.39 is 17.4 Å². The molecule has 0 bridgehead atoms. The van der Waals surface area contributed by atoms with Crippen molar-refractivity contribution in [2.75, 3.05) is 0 Å². The first kappa shape index (κ1) is 11.5. The number of pyridine rings is 1. The van der Waals surface area contributed by atoms with Crippen molar-refractivity contribution in [3.8, 4) is 6.07 Å². The van der Waals surface area contributed by atoms with Crippen LogP contribution in [0.4, 0.5) is 8.78 Å². The summed E-state index contributed by atoms with van der Waals surface area (Å²) in [5.41, 5.74) is -1.02. The second-order valence-corrected chi connectivity index (χ2v) is 3.11. The smallest absolute Gasteiger partial charge is 0.276 e. The predicted molar refractivity (Wildman–Crippen MR) is 48.8 cm³/mol. The Labute approximate surface area is 89.3 Å². The topological polar surface area (TPSA) is 53.8 Å². The van der Waals surface area contributed by atoms with Crippen LogP contribution in [0.5, 0.6) is 0 Å². The van der Waals surface area contributed by atoms with Crippen molar-refractivity contribution >= 4 is 16.8 Å². The summed E-state index contributed by atoms with van der Waals surface area (Å²) in [7, 11) is 0. The molecule has 0 atom stereocenters. The van der Waals surface area contributed by atoms with Crippen molar-refractivity contribution < 1.29 is 13.6 Å². The maximum atomic E-state index is 12.5. The van der Waals surface area contributed by atoms with Gasteiger partial charge in [-0.15, -0.1) is 0 Å². The lowest BCUT2D eigenvalue weighted by Gasteiger charge is -2.07. The van der Waals surface area contributed by atoms with Gasteiger partial charge in [0.25, 0.3) is 11.7 Å². The van der Waals surface area contributed by atoms with Crippen LogP contribution < -0.4 is 0 Å². The molecule has 0 aliphatic carbocycles. The molecule has 0 radical (unpaired) electrons. The van der Waals surface area contributed by atoms with Crippen LogP contribution in [0.25, 0.3) is 0 Å². The van der Waals surface area contributed by atoms with Gasteiger partial charge in [-0.05, 0) is 30.2 Å². The summed E-state index contributed by atoms with van der Waals surface area (Å²) in [6.45, 7) is 1.42. The Balaban J connectivity index is 3.51. The number of carbonyl (C=O) groups is 1. The van der Waals surface area contributed by atoms with Crippen molar-refractivity contribution in [3.05, 3.63) is 28.6 Å². The van der Waals surface area contributed by atoms with Gasteiger partial charge in [0.05, 0.1) is 5.56 Å². The molecule has 1 heterocycles. The molecule has 0 fully saturated rings. The average Bonchev–Trinajstić information content (AvgIpc) is 2.15. The number of aryl methyl sites for hydroxylation is 1. The Morgan fingerprint density at radius 3 is 2.67 bits per heavy atom. The van der Waals surface area contributed by atoms with E-state index in [-0.39, 0.29) is 16.8 Å². The van der Waals surface area contributed by atoms with Crippen LogP contribution in [0.2, 0.25) is 0 Å². The molecular formula is C9H5ClF2N2O. The summed E-state index contributed by atoms with van der Waals surface area (Å²) in [5.74, 6) is 0. The highest BCUT2D eigenvalue weighted by Crippen LogP contribution is 2.25. The van der Waals surface area contributed by atoms with Gasteiger partial charge in [0.15, 0.2) is 0 Å². The summed E-state index contributed by atoms with van der Waals surface area (Å²) in [6, 6.07) is 2.87. The molecule has 0 N–H and O–H groups in total. The number of halogens is 3. The minimum absolute atomic E-state index is 0.163. The minimum atomic E-state index is -2.94. The third-order valence-electron chi connectivity index (χ3n) is 1.76. The van der Waals surface area contributed by atoms with Crippen LogP contribution in [0.15, 0.2) is 6.07 Å². The van der Waals surface area contributed by atoms with E-state index in [9.17, 15) is 13.6 Å². The summed E-state index contributed by atoms with van der Waals surface area (Å²) in [4.78, 5) is 14.3. The van der Waals surface area contributed by atoms with Crippen molar-refractivity contribution in [3.63, 3.8) is 0 Å². The number of alkyl halides is 2. The zero-order chi connectivity index (χ0) is 11.6. The van der Waals surface area contributed by atoms with Gasteiger partial charge in [-0.2, -0.15) is 5.26 Å². The largest absolute Gasteiger partial charge is 0.281 e. The van der Waals surface area contributed by atoms with Crippen LogP contribution in [-0.2, 0) is 0 Å². The third-order valence-corrected chi connectivity index (χ3v) is 1.95. The van der Waals surface area contributed by atoms with Gasteiger partial charge in [-0.1, -0.05) is 0 Å². The monoisotopic (exact) mass is 230 g/mol. The van der Waals surface area contributed by atoms with Gasteiger partial charge in [-0.25, -0.2) is 13.8 Å². The normalized spacial score (nSPS) is 10.1. The molecule has 0 saturated carbocycles. The number of rotatable bonds is 2. The lowest BCUT2D eigenvalue weighted by Crippen LogP contribution is -2.06. The quantitative estimate of drug-likeness (QED) is 0.734. The third kappa shape index (κ3) is 2.28.